The van der Waals surface area contributed by atoms with E-state index < -0.39 is 0 Å². The van der Waals surface area contributed by atoms with E-state index in [4.69, 9.17) is 16.9 Å². The normalized spacial score (nSPS) is 19.3. The van der Waals surface area contributed by atoms with Crippen LogP contribution in [0.5, 0.6) is 0 Å². The molecular formula is C14H18ClN3. The Morgan fingerprint density at radius 1 is 1.56 bits per heavy atom. The number of hydrogen-bond donors (Lipinski definition) is 1. The Kier molecular flexibility index (Phi) is 4.46. The maximum absolute atomic E-state index is 8.90. The molecule has 0 aromatic heterocycles. The van der Waals surface area contributed by atoms with Crippen molar-refractivity contribution < 1.29 is 0 Å². The van der Waals surface area contributed by atoms with Gasteiger partial charge < -0.3 is 10.2 Å². The summed E-state index contributed by atoms with van der Waals surface area (Å²) in [5, 5.41) is 12.9. The third-order valence-electron chi connectivity index (χ3n) is 3.46. The largest absolute Gasteiger partial charge is 0.368 e. The van der Waals surface area contributed by atoms with Crippen LogP contribution in [0.1, 0.15) is 25.3 Å². The predicted molar refractivity (Wildman–Crippen MR) is 75.1 cm³/mol. The molecule has 1 unspecified atom stereocenters. The van der Waals surface area contributed by atoms with Crippen LogP contribution in [0.15, 0.2) is 18.2 Å². The second-order valence-electron chi connectivity index (χ2n) is 4.56. The van der Waals surface area contributed by atoms with Crippen molar-refractivity contribution in [2.45, 2.75) is 25.8 Å². The van der Waals surface area contributed by atoms with E-state index in [0.717, 1.165) is 25.3 Å². The number of hydrogen-bond acceptors (Lipinski definition) is 3. The minimum absolute atomic E-state index is 0.521. The number of nitrogens with zero attached hydrogens (tertiary/aromatic N) is 2. The highest BCUT2D eigenvalue weighted by Crippen LogP contribution is 2.26. The van der Waals surface area contributed by atoms with Crippen LogP contribution in [0.3, 0.4) is 0 Å². The summed E-state index contributed by atoms with van der Waals surface area (Å²) in [5.41, 5.74) is 1.65. The van der Waals surface area contributed by atoms with Gasteiger partial charge in [0.1, 0.15) is 6.07 Å². The van der Waals surface area contributed by atoms with E-state index in [-0.39, 0.29) is 0 Å². The van der Waals surface area contributed by atoms with Gasteiger partial charge in [-0.15, -0.1) is 0 Å². The summed E-state index contributed by atoms with van der Waals surface area (Å²) in [6.45, 7) is 5.24. The summed E-state index contributed by atoms with van der Waals surface area (Å²) in [6.07, 6.45) is 2.42. The third-order valence-corrected chi connectivity index (χ3v) is 3.77. The molecule has 18 heavy (non-hydrogen) atoms. The van der Waals surface area contributed by atoms with Crippen molar-refractivity contribution in [3.05, 3.63) is 28.8 Å². The fourth-order valence-electron chi connectivity index (χ4n) is 2.52. The van der Waals surface area contributed by atoms with Crippen LogP contribution in [0.25, 0.3) is 0 Å². The van der Waals surface area contributed by atoms with E-state index in [1.165, 1.54) is 12.8 Å². The molecule has 2 rings (SSSR count). The number of benzene rings is 1. The number of rotatable bonds is 3. The molecule has 1 heterocycles. The summed E-state index contributed by atoms with van der Waals surface area (Å²) < 4.78 is 0. The van der Waals surface area contributed by atoms with E-state index in [2.05, 4.69) is 23.2 Å². The van der Waals surface area contributed by atoms with E-state index in [0.29, 0.717) is 16.6 Å². The summed E-state index contributed by atoms with van der Waals surface area (Å²) in [4.78, 5) is 2.36. The van der Waals surface area contributed by atoms with Crippen LogP contribution >= 0.6 is 11.6 Å². The summed E-state index contributed by atoms with van der Waals surface area (Å²) in [6, 6.07) is 8.31. The Labute approximate surface area is 113 Å². The molecular weight excluding hydrogens is 246 g/mol. The van der Waals surface area contributed by atoms with Crippen molar-refractivity contribution in [1.82, 2.24) is 5.32 Å². The Hall–Kier alpha value is -1.24. The molecule has 1 saturated heterocycles. The summed E-state index contributed by atoms with van der Waals surface area (Å²) in [5.74, 6) is 0. The van der Waals surface area contributed by atoms with E-state index in [1.54, 1.807) is 6.07 Å². The number of halogens is 1. The van der Waals surface area contributed by atoms with Crippen LogP contribution in [-0.4, -0.2) is 25.7 Å². The number of nitriles is 1. The number of nitrogens with one attached hydrogen (secondary N) is 1. The van der Waals surface area contributed by atoms with Crippen LogP contribution < -0.4 is 10.2 Å². The molecule has 0 amide bonds. The molecule has 0 spiro atoms. The first-order valence-corrected chi connectivity index (χ1v) is 6.81. The SMILES string of the molecule is CCN(c1ccc(C#N)c(Cl)c1)C1CCCNC1. The first kappa shape index (κ1) is 13.2. The molecule has 1 fully saturated rings. The second kappa shape index (κ2) is 6.08. The average Bonchev–Trinajstić information content (AvgIpc) is 2.41. The van der Waals surface area contributed by atoms with Gasteiger partial charge in [0.05, 0.1) is 10.6 Å². The minimum atomic E-state index is 0.521. The second-order valence-corrected chi connectivity index (χ2v) is 4.97. The number of piperidine rings is 1. The monoisotopic (exact) mass is 263 g/mol. The van der Waals surface area contributed by atoms with Crippen LogP contribution in [-0.2, 0) is 0 Å². The lowest BCUT2D eigenvalue weighted by molar-refractivity contribution is 0.435. The quantitative estimate of drug-likeness (QED) is 0.912. The molecule has 1 aliphatic rings. The standard InChI is InChI=1S/C14H18ClN3/c1-2-18(13-4-3-7-17-10-13)12-6-5-11(9-16)14(15)8-12/h5-6,8,13,17H,2-4,7,10H2,1H3. The van der Waals surface area contributed by atoms with Gasteiger partial charge in [-0.05, 0) is 44.5 Å². The molecule has 0 radical (unpaired) electrons. The molecule has 0 saturated carbocycles. The maximum atomic E-state index is 8.90. The van der Waals surface area contributed by atoms with Gasteiger partial charge in [-0.1, -0.05) is 11.6 Å². The fraction of sp³-hybridized carbons (Fsp3) is 0.500. The van der Waals surface area contributed by atoms with Gasteiger partial charge in [0.2, 0.25) is 0 Å². The van der Waals surface area contributed by atoms with Gasteiger partial charge in [-0.2, -0.15) is 5.26 Å². The fourth-order valence-corrected chi connectivity index (χ4v) is 2.74. The first-order chi connectivity index (χ1) is 8.76. The topological polar surface area (TPSA) is 39.1 Å². The highest BCUT2D eigenvalue weighted by Gasteiger charge is 2.20. The Bertz CT molecular complexity index is 447. The molecule has 0 bridgehead atoms. The van der Waals surface area contributed by atoms with Crippen molar-refractivity contribution in [3.8, 4) is 6.07 Å². The molecule has 1 N–H and O–H groups in total. The average molecular weight is 264 g/mol. The van der Waals surface area contributed by atoms with E-state index in [1.807, 2.05) is 12.1 Å². The molecule has 1 aromatic rings. The van der Waals surface area contributed by atoms with Gasteiger partial charge in [0, 0.05) is 24.8 Å². The molecule has 4 heteroatoms. The predicted octanol–water partition coefficient (Wildman–Crippen LogP) is 2.79. The van der Waals surface area contributed by atoms with Crippen LogP contribution in [0.2, 0.25) is 5.02 Å². The molecule has 3 nitrogen and oxygen atoms in total. The molecule has 1 aliphatic heterocycles. The molecule has 0 aliphatic carbocycles. The summed E-state index contributed by atoms with van der Waals surface area (Å²) in [7, 11) is 0. The van der Waals surface area contributed by atoms with Crippen molar-refractivity contribution >= 4 is 17.3 Å². The van der Waals surface area contributed by atoms with Gasteiger partial charge in [-0.3, -0.25) is 0 Å². The van der Waals surface area contributed by atoms with E-state index in [9.17, 15) is 0 Å². The first-order valence-electron chi connectivity index (χ1n) is 6.43. The zero-order valence-corrected chi connectivity index (χ0v) is 11.4. The zero-order chi connectivity index (χ0) is 13.0. The van der Waals surface area contributed by atoms with Gasteiger partial charge in [-0.25, -0.2) is 0 Å². The number of anilines is 1. The van der Waals surface area contributed by atoms with Crippen molar-refractivity contribution in [3.63, 3.8) is 0 Å². The lowest BCUT2D eigenvalue weighted by Gasteiger charge is -2.35. The number of likely N-dealkylation sites (N-methyl/N-ethyl adjacent to an activating group) is 1. The van der Waals surface area contributed by atoms with E-state index >= 15 is 0 Å². The van der Waals surface area contributed by atoms with Gasteiger partial charge in [0.15, 0.2) is 0 Å². The van der Waals surface area contributed by atoms with Gasteiger partial charge >= 0.3 is 0 Å². The Morgan fingerprint density at radius 2 is 2.39 bits per heavy atom. The smallest absolute Gasteiger partial charge is 0.101 e. The Balaban J connectivity index is 2.21. The van der Waals surface area contributed by atoms with Crippen LogP contribution in [0.4, 0.5) is 5.69 Å². The van der Waals surface area contributed by atoms with Crippen molar-refractivity contribution in [2.75, 3.05) is 24.5 Å². The van der Waals surface area contributed by atoms with Crippen LogP contribution in [0, 0.1) is 11.3 Å². The lowest BCUT2D eigenvalue weighted by atomic mass is 10.0. The zero-order valence-electron chi connectivity index (χ0n) is 10.6. The molecule has 1 atom stereocenters. The van der Waals surface area contributed by atoms with Gasteiger partial charge in [0.25, 0.3) is 0 Å². The molecule has 96 valence electrons. The maximum Gasteiger partial charge on any atom is 0.101 e. The third kappa shape index (κ3) is 2.77. The van der Waals surface area contributed by atoms with Crippen molar-refractivity contribution in [2.24, 2.45) is 0 Å². The highest BCUT2D eigenvalue weighted by molar-refractivity contribution is 6.32. The Morgan fingerprint density at radius 3 is 2.94 bits per heavy atom. The minimum Gasteiger partial charge on any atom is -0.368 e. The van der Waals surface area contributed by atoms with Crippen molar-refractivity contribution in [1.29, 1.82) is 5.26 Å². The lowest BCUT2D eigenvalue weighted by Crippen LogP contribution is -2.46. The molecule has 1 aromatic carbocycles. The highest BCUT2D eigenvalue weighted by atomic mass is 35.5. The summed E-state index contributed by atoms with van der Waals surface area (Å²) >= 11 is 6.10.